The zero-order chi connectivity index (χ0) is 17.6. The molecule has 1 rings (SSSR count). The van der Waals surface area contributed by atoms with E-state index < -0.39 is 6.04 Å². The lowest BCUT2D eigenvalue weighted by Crippen LogP contribution is -2.47. The predicted octanol–water partition coefficient (Wildman–Crippen LogP) is 3.58. The fourth-order valence-corrected chi connectivity index (χ4v) is 2.65. The van der Waals surface area contributed by atoms with Gasteiger partial charge in [-0.15, -0.1) is 12.4 Å². The van der Waals surface area contributed by atoms with Crippen molar-refractivity contribution >= 4 is 53.1 Å². The Labute approximate surface area is 159 Å². The largest absolute Gasteiger partial charge is 0.332 e. The van der Waals surface area contributed by atoms with Crippen LogP contribution in [0.4, 0.5) is 5.69 Å². The van der Waals surface area contributed by atoms with Gasteiger partial charge in [-0.25, -0.2) is 0 Å². The van der Waals surface area contributed by atoms with Crippen molar-refractivity contribution in [2.24, 2.45) is 11.7 Å². The quantitative estimate of drug-likeness (QED) is 0.739. The highest BCUT2D eigenvalue weighted by atomic mass is 35.5. The van der Waals surface area contributed by atoms with Gasteiger partial charge in [0.15, 0.2) is 0 Å². The monoisotopic (exact) mass is 395 g/mol. The second-order valence-electron chi connectivity index (χ2n) is 5.73. The van der Waals surface area contributed by atoms with E-state index in [1.807, 2.05) is 13.8 Å². The van der Waals surface area contributed by atoms with Gasteiger partial charge >= 0.3 is 0 Å². The molecule has 0 saturated heterocycles. The summed E-state index contributed by atoms with van der Waals surface area (Å²) >= 11 is 12.0. The van der Waals surface area contributed by atoms with Gasteiger partial charge in [-0.3, -0.25) is 9.59 Å². The molecule has 0 bridgehead atoms. The predicted molar refractivity (Wildman–Crippen MR) is 102 cm³/mol. The van der Waals surface area contributed by atoms with E-state index >= 15 is 0 Å². The number of nitrogens with one attached hydrogen (secondary N) is 1. The molecule has 1 aromatic rings. The van der Waals surface area contributed by atoms with Crippen molar-refractivity contribution in [3.63, 3.8) is 0 Å². The topological polar surface area (TPSA) is 75.4 Å². The van der Waals surface area contributed by atoms with Gasteiger partial charge in [0.25, 0.3) is 0 Å². The van der Waals surface area contributed by atoms with Crippen LogP contribution in [-0.2, 0) is 9.59 Å². The zero-order valence-electron chi connectivity index (χ0n) is 14.0. The number of amides is 2. The van der Waals surface area contributed by atoms with Gasteiger partial charge in [-0.1, -0.05) is 43.1 Å². The molecule has 0 spiro atoms. The average Bonchev–Trinajstić information content (AvgIpc) is 2.47. The lowest BCUT2D eigenvalue weighted by atomic mass is 10.0. The fourth-order valence-electron chi connectivity index (χ4n) is 2.16. The number of nitrogens with zero attached hydrogens (tertiary/aromatic N) is 1. The van der Waals surface area contributed by atoms with Crippen LogP contribution < -0.4 is 11.1 Å². The molecule has 2 amide bonds. The van der Waals surface area contributed by atoms with Crippen molar-refractivity contribution in [2.45, 2.75) is 33.2 Å². The van der Waals surface area contributed by atoms with Crippen molar-refractivity contribution in [1.29, 1.82) is 0 Å². The van der Waals surface area contributed by atoms with Gasteiger partial charge in [0, 0.05) is 6.54 Å². The lowest BCUT2D eigenvalue weighted by molar-refractivity contribution is -0.135. The summed E-state index contributed by atoms with van der Waals surface area (Å²) in [4.78, 5) is 25.9. The Morgan fingerprint density at radius 3 is 2.25 bits per heavy atom. The average molecular weight is 397 g/mol. The van der Waals surface area contributed by atoms with Gasteiger partial charge < -0.3 is 16.0 Å². The van der Waals surface area contributed by atoms with Gasteiger partial charge in [-0.2, -0.15) is 0 Å². The Morgan fingerprint density at radius 2 is 1.79 bits per heavy atom. The molecule has 8 heteroatoms. The Hall–Kier alpha value is -1.01. The molecule has 0 aliphatic carbocycles. The van der Waals surface area contributed by atoms with Gasteiger partial charge in [0.2, 0.25) is 11.8 Å². The summed E-state index contributed by atoms with van der Waals surface area (Å²) in [6, 6.07) is 4.34. The number of rotatable bonds is 7. The Bertz CT molecular complexity index is 547. The SMILES string of the molecule is CCN(CC(=O)Nc1c(Cl)cccc1Cl)C(=O)[C@@H](N)CC(C)C.Cl. The number of benzene rings is 1. The Morgan fingerprint density at radius 1 is 1.25 bits per heavy atom. The van der Waals surface area contributed by atoms with E-state index in [2.05, 4.69) is 5.32 Å². The van der Waals surface area contributed by atoms with Crippen LogP contribution >= 0.6 is 35.6 Å². The lowest BCUT2D eigenvalue weighted by Gasteiger charge is -2.24. The molecular formula is C16H24Cl3N3O2. The van der Waals surface area contributed by atoms with Crippen LogP contribution in [0.3, 0.4) is 0 Å². The first-order chi connectivity index (χ1) is 10.8. The standard InChI is InChI=1S/C16H23Cl2N3O2.ClH/c1-4-21(16(23)13(19)8-10(2)3)9-14(22)20-15-11(17)6-5-7-12(15)18;/h5-7,10,13H,4,8-9,19H2,1-3H3,(H,20,22);1H/t13-;/m0./s1. The van der Waals surface area contributed by atoms with Gasteiger partial charge in [0.05, 0.1) is 28.3 Å². The highest BCUT2D eigenvalue weighted by molar-refractivity contribution is 6.39. The van der Waals surface area contributed by atoms with E-state index in [9.17, 15) is 9.59 Å². The summed E-state index contributed by atoms with van der Waals surface area (Å²) in [5.41, 5.74) is 6.25. The molecule has 0 aliphatic rings. The number of nitrogens with two attached hydrogens (primary N) is 1. The van der Waals surface area contributed by atoms with Crippen LogP contribution in [0.15, 0.2) is 18.2 Å². The second kappa shape index (κ2) is 10.8. The summed E-state index contributed by atoms with van der Waals surface area (Å²) in [6.45, 7) is 6.10. The zero-order valence-corrected chi connectivity index (χ0v) is 16.3. The Balaban J connectivity index is 0.00000529. The van der Waals surface area contributed by atoms with Crippen LogP contribution in [0.25, 0.3) is 0 Å². The minimum Gasteiger partial charge on any atom is -0.332 e. The van der Waals surface area contributed by atoms with Crippen LogP contribution in [-0.4, -0.2) is 35.8 Å². The second-order valence-corrected chi connectivity index (χ2v) is 6.55. The van der Waals surface area contributed by atoms with Crippen LogP contribution in [0.5, 0.6) is 0 Å². The van der Waals surface area contributed by atoms with Crippen LogP contribution in [0.1, 0.15) is 27.2 Å². The summed E-state index contributed by atoms with van der Waals surface area (Å²) in [5, 5.41) is 3.33. The minimum absolute atomic E-state index is 0. The fraction of sp³-hybridized carbons (Fsp3) is 0.500. The molecule has 0 heterocycles. The summed E-state index contributed by atoms with van der Waals surface area (Å²) in [6.07, 6.45) is 0.577. The number of hydrogen-bond donors (Lipinski definition) is 2. The van der Waals surface area contributed by atoms with E-state index in [0.717, 1.165) is 0 Å². The molecule has 0 unspecified atom stereocenters. The van der Waals surface area contributed by atoms with Crippen molar-refractivity contribution < 1.29 is 9.59 Å². The number of carbonyl (C=O) groups excluding carboxylic acids is 2. The molecule has 0 aromatic heterocycles. The van der Waals surface area contributed by atoms with E-state index in [0.29, 0.717) is 34.6 Å². The molecule has 3 N–H and O–H groups in total. The Kier molecular flexibility index (Phi) is 10.3. The molecule has 0 fully saturated rings. The molecule has 1 aromatic carbocycles. The van der Waals surface area contributed by atoms with Gasteiger partial charge in [0.1, 0.15) is 0 Å². The highest BCUT2D eigenvalue weighted by Crippen LogP contribution is 2.29. The van der Waals surface area contributed by atoms with Crippen molar-refractivity contribution in [3.8, 4) is 0 Å². The third-order valence-electron chi connectivity index (χ3n) is 3.30. The molecule has 0 radical (unpaired) electrons. The van der Waals surface area contributed by atoms with Crippen LogP contribution in [0, 0.1) is 5.92 Å². The number of anilines is 1. The van der Waals surface area contributed by atoms with E-state index in [1.54, 1.807) is 25.1 Å². The maximum Gasteiger partial charge on any atom is 0.244 e. The molecule has 0 saturated carbocycles. The van der Waals surface area contributed by atoms with E-state index in [-0.39, 0.29) is 30.8 Å². The molecule has 24 heavy (non-hydrogen) atoms. The molecule has 136 valence electrons. The third-order valence-corrected chi connectivity index (χ3v) is 3.93. The number of halogens is 3. The smallest absolute Gasteiger partial charge is 0.244 e. The summed E-state index contributed by atoms with van der Waals surface area (Å²) in [7, 11) is 0. The normalized spacial score (nSPS) is 11.6. The van der Waals surface area contributed by atoms with Gasteiger partial charge in [-0.05, 0) is 31.4 Å². The number of para-hydroxylation sites is 1. The third kappa shape index (κ3) is 6.85. The number of likely N-dealkylation sites (N-methyl/N-ethyl adjacent to an activating group) is 1. The van der Waals surface area contributed by atoms with E-state index in [1.165, 1.54) is 4.90 Å². The van der Waals surface area contributed by atoms with Crippen LogP contribution in [0.2, 0.25) is 10.0 Å². The minimum atomic E-state index is -0.605. The van der Waals surface area contributed by atoms with E-state index in [4.69, 9.17) is 28.9 Å². The van der Waals surface area contributed by atoms with Crippen molar-refractivity contribution in [3.05, 3.63) is 28.2 Å². The number of carbonyl (C=O) groups is 2. The van der Waals surface area contributed by atoms with Crippen molar-refractivity contribution in [1.82, 2.24) is 4.90 Å². The summed E-state index contributed by atoms with van der Waals surface area (Å²) < 4.78 is 0. The molecule has 1 atom stereocenters. The summed E-state index contributed by atoms with van der Waals surface area (Å²) in [5.74, 6) is -0.294. The molecular weight excluding hydrogens is 373 g/mol. The van der Waals surface area contributed by atoms with Crippen molar-refractivity contribution in [2.75, 3.05) is 18.4 Å². The number of hydrogen-bond acceptors (Lipinski definition) is 3. The first-order valence-electron chi connectivity index (χ1n) is 7.54. The first kappa shape index (κ1) is 23.0. The maximum atomic E-state index is 12.3. The maximum absolute atomic E-state index is 12.3. The first-order valence-corrected chi connectivity index (χ1v) is 8.30. The highest BCUT2D eigenvalue weighted by Gasteiger charge is 2.23. The molecule has 0 aliphatic heterocycles. The molecule has 5 nitrogen and oxygen atoms in total.